The zero-order chi connectivity index (χ0) is 19.7. The molecule has 1 rings (SSSR count). The van der Waals surface area contributed by atoms with Gasteiger partial charge in [0.1, 0.15) is 0 Å². The fourth-order valence-corrected chi connectivity index (χ4v) is 2.10. The van der Waals surface area contributed by atoms with E-state index >= 15 is 0 Å². The number of nitrogens with one attached hydrogen (secondary N) is 3. The van der Waals surface area contributed by atoms with Gasteiger partial charge in [0, 0.05) is 24.7 Å². The molecular formula is C15H18F3N3O5. The molecule has 0 bridgehead atoms. The molecule has 26 heavy (non-hydrogen) atoms. The molecule has 1 aromatic carbocycles. The van der Waals surface area contributed by atoms with Crippen molar-refractivity contribution in [3.8, 4) is 0 Å². The number of hydrogen-bond donors (Lipinski definition) is 5. The standard InChI is InChI=1S/C15H18F3N3O5/c16-15(17,18)10-4-1-3-9(7-10)12(22)20-8-11(21-14(25)26)5-2-6-19-13(23)24/h1,3-4,7,11,19,21H,2,5-6,8H2,(H,20,22)(H,23,24)(H,25,26)/t11-/m0/s1. The summed E-state index contributed by atoms with van der Waals surface area (Å²) in [6.07, 6.45) is -6.62. The van der Waals surface area contributed by atoms with Crippen LogP contribution in [0.25, 0.3) is 0 Å². The van der Waals surface area contributed by atoms with Gasteiger partial charge in [-0.05, 0) is 31.0 Å². The summed E-state index contributed by atoms with van der Waals surface area (Å²) in [5.74, 6) is -0.781. The Morgan fingerprint density at radius 2 is 1.77 bits per heavy atom. The number of carbonyl (C=O) groups is 3. The molecule has 0 saturated heterocycles. The van der Waals surface area contributed by atoms with Crippen LogP contribution in [0.5, 0.6) is 0 Å². The smallest absolute Gasteiger partial charge is 0.416 e. The average molecular weight is 377 g/mol. The summed E-state index contributed by atoms with van der Waals surface area (Å²) < 4.78 is 38.0. The summed E-state index contributed by atoms with van der Waals surface area (Å²) in [6, 6.07) is 3.12. The molecule has 0 saturated carbocycles. The summed E-state index contributed by atoms with van der Waals surface area (Å²) >= 11 is 0. The molecule has 5 N–H and O–H groups in total. The monoisotopic (exact) mass is 377 g/mol. The van der Waals surface area contributed by atoms with E-state index in [1.165, 1.54) is 6.07 Å². The molecule has 0 aliphatic rings. The molecule has 0 fully saturated rings. The molecule has 3 amide bonds. The van der Waals surface area contributed by atoms with E-state index in [0.29, 0.717) is 12.5 Å². The Morgan fingerprint density at radius 1 is 1.08 bits per heavy atom. The number of amides is 3. The highest BCUT2D eigenvalue weighted by atomic mass is 19.4. The quantitative estimate of drug-likeness (QED) is 0.444. The number of hydrogen-bond acceptors (Lipinski definition) is 3. The Morgan fingerprint density at radius 3 is 2.35 bits per heavy atom. The van der Waals surface area contributed by atoms with Gasteiger partial charge in [0.25, 0.3) is 5.91 Å². The van der Waals surface area contributed by atoms with E-state index in [1.807, 2.05) is 0 Å². The van der Waals surface area contributed by atoms with Gasteiger partial charge in [-0.25, -0.2) is 9.59 Å². The topological polar surface area (TPSA) is 128 Å². The third-order valence-corrected chi connectivity index (χ3v) is 3.29. The highest BCUT2D eigenvalue weighted by molar-refractivity contribution is 5.94. The summed E-state index contributed by atoms with van der Waals surface area (Å²) in [5, 5.41) is 23.9. The van der Waals surface area contributed by atoms with E-state index in [1.54, 1.807) is 0 Å². The van der Waals surface area contributed by atoms with Crippen molar-refractivity contribution in [3.63, 3.8) is 0 Å². The summed E-state index contributed by atoms with van der Waals surface area (Å²) in [4.78, 5) is 33.1. The number of carbonyl (C=O) groups excluding carboxylic acids is 1. The number of carboxylic acid groups (broad SMARTS) is 2. The number of alkyl halides is 3. The molecule has 0 unspecified atom stereocenters. The molecule has 8 nitrogen and oxygen atoms in total. The first-order chi connectivity index (χ1) is 12.1. The van der Waals surface area contributed by atoms with Crippen molar-refractivity contribution in [1.29, 1.82) is 0 Å². The van der Waals surface area contributed by atoms with Gasteiger partial charge in [0.05, 0.1) is 5.56 Å². The van der Waals surface area contributed by atoms with Crippen LogP contribution in [0.1, 0.15) is 28.8 Å². The van der Waals surface area contributed by atoms with Gasteiger partial charge in [0.2, 0.25) is 0 Å². The molecule has 0 aliphatic carbocycles. The third-order valence-electron chi connectivity index (χ3n) is 3.29. The van der Waals surface area contributed by atoms with Crippen molar-refractivity contribution in [1.82, 2.24) is 16.0 Å². The summed E-state index contributed by atoms with van der Waals surface area (Å²) in [6.45, 7) is -0.0663. The lowest BCUT2D eigenvalue weighted by Gasteiger charge is -2.18. The van der Waals surface area contributed by atoms with Gasteiger partial charge in [-0.3, -0.25) is 4.79 Å². The average Bonchev–Trinajstić information content (AvgIpc) is 2.54. The minimum absolute atomic E-state index is 0.0920. The maximum atomic E-state index is 12.7. The number of rotatable bonds is 8. The lowest BCUT2D eigenvalue weighted by Crippen LogP contribution is -2.43. The second-order valence-corrected chi connectivity index (χ2v) is 5.31. The van der Waals surface area contributed by atoms with Crippen molar-refractivity contribution >= 4 is 18.1 Å². The molecule has 1 aromatic rings. The van der Waals surface area contributed by atoms with Crippen LogP contribution in [-0.2, 0) is 6.18 Å². The SMILES string of the molecule is O=C(O)NCCC[C@@H](CNC(=O)c1cccc(C(F)(F)F)c1)NC(=O)O. The second kappa shape index (κ2) is 9.49. The van der Waals surface area contributed by atoms with Gasteiger partial charge in [-0.2, -0.15) is 13.2 Å². The minimum Gasteiger partial charge on any atom is -0.465 e. The number of benzene rings is 1. The molecule has 0 spiro atoms. The molecule has 0 heterocycles. The van der Waals surface area contributed by atoms with E-state index in [0.717, 1.165) is 12.1 Å². The van der Waals surface area contributed by atoms with E-state index < -0.39 is 35.9 Å². The normalized spacial score (nSPS) is 12.1. The molecular weight excluding hydrogens is 359 g/mol. The first kappa shape index (κ1) is 21.1. The molecule has 0 aromatic heterocycles. The minimum atomic E-state index is -4.58. The Labute approximate surface area is 146 Å². The maximum Gasteiger partial charge on any atom is 0.416 e. The van der Waals surface area contributed by atoms with Crippen LogP contribution < -0.4 is 16.0 Å². The predicted molar refractivity (Wildman–Crippen MR) is 84.0 cm³/mol. The molecule has 0 aliphatic heterocycles. The Balaban J connectivity index is 2.62. The molecule has 0 radical (unpaired) electrons. The zero-order valence-corrected chi connectivity index (χ0v) is 13.5. The Kier molecular flexibility index (Phi) is 7.69. The van der Waals surface area contributed by atoms with Gasteiger partial charge in [-0.15, -0.1) is 0 Å². The van der Waals surface area contributed by atoms with E-state index in [-0.39, 0.29) is 25.1 Å². The Hall–Kier alpha value is -2.98. The summed E-state index contributed by atoms with van der Waals surface area (Å²) in [7, 11) is 0. The second-order valence-electron chi connectivity index (χ2n) is 5.31. The van der Waals surface area contributed by atoms with Crippen LogP contribution in [0.3, 0.4) is 0 Å². The van der Waals surface area contributed by atoms with Crippen molar-refractivity contribution < 1.29 is 37.8 Å². The fourth-order valence-electron chi connectivity index (χ4n) is 2.10. The van der Waals surface area contributed by atoms with Crippen molar-refractivity contribution in [2.24, 2.45) is 0 Å². The lowest BCUT2D eigenvalue weighted by molar-refractivity contribution is -0.137. The summed E-state index contributed by atoms with van der Waals surface area (Å²) in [5.41, 5.74) is -1.17. The highest BCUT2D eigenvalue weighted by Crippen LogP contribution is 2.29. The van der Waals surface area contributed by atoms with Crippen LogP contribution in [0.15, 0.2) is 24.3 Å². The largest absolute Gasteiger partial charge is 0.465 e. The molecule has 1 atom stereocenters. The van der Waals surface area contributed by atoms with Crippen molar-refractivity contribution in [3.05, 3.63) is 35.4 Å². The lowest BCUT2D eigenvalue weighted by atomic mass is 10.1. The van der Waals surface area contributed by atoms with E-state index in [9.17, 15) is 27.6 Å². The highest BCUT2D eigenvalue weighted by Gasteiger charge is 2.30. The first-order valence-electron chi connectivity index (χ1n) is 7.51. The fraction of sp³-hybridized carbons (Fsp3) is 0.400. The van der Waals surface area contributed by atoms with Gasteiger partial charge in [0.15, 0.2) is 0 Å². The van der Waals surface area contributed by atoms with Crippen LogP contribution >= 0.6 is 0 Å². The molecule has 11 heteroatoms. The molecule has 144 valence electrons. The maximum absolute atomic E-state index is 12.7. The van der Waals surface area contributed by atoms with Gasteiger partial charge in [-0.1, -0.05) is 6.07 Å². The van der Waals surface area contributed by atoms with E-state index in [2.05, 4.69) is 16.0 Å². The van der Waals surface area contributed by atoms with E-state index in [4.69, 9.17) is 10.2 Å². The van der Waals surface area contributed by atoms with Crippen LogP contribution in [0.4, 0.5) is 22.8 Å². The van der Waals surface area contributed by atoms with Crippen LogP contribution in [0, 0.1) is 0 Å². The van der Waals surface area contributed by atoms with Gasteiger partial charge < -0.3 is 26.2 Å². The third kappa shape index (κ3) is 7.73. The van der Waals surface area contributed by atoms with Crippen molar-refractivity contribution in [2.45, 2.75) is 25.1 Å². The zero-order valence-electron chi connectivity index (χ0n) is 13.5. The Bertz CT molecular complexity index is 652. The predicted octanol–water partition coefficient (Wildman–Crippen LogP) is 2.12. The first-order valence-corrected chi connectivity index (χ1v) is 7.51. The van der Waals surface area contributed by atoms with Crippen LogP contribution in [-0.4, -0.2) is 47.4 Å². The van der Waals surface area contributed by atoms with Crippen LogP contribution in [0.2, 0.25) is 0 Å². The van der Waals surface area contributed by atoms with Crippen molar-refractivity contribution in [2.75, 3.05) is 13.1 Å². The van der Waals surface area contributed by atoms with Gasteiger partial charge >= 0.3 is 18.4 Å². The number of halogens is 3.